The molecule has 1 atom stereocenters. The summed E-state index contributed by atoms with van der Waals surface area (Å²) >= 11 is 5.77. The average Bonchev–Trinajstić information content (AvgIpc) is 2.92. The molecule has 0 saturated carbocycles. The van der Waals surface area contributed by atoms with E-state index in [9.17, 15) is 0 Å². The summed E-state index contributed by atoms with van der Waals surface area (Å²) in [4.78, 5) is 0. The highest BCUT2D eigenvalue weighted by Gasteiger charge is 2.20. The number of hydrogen-bond acceptors (Lipinski definition) is 2. The largest absolute Gasteiger partial charge is 0.372 e. The van der Waals surface area contributed by atoms with Gasteiger partial charge in [0.25, 0.3) is 0 Å². The van der Waals surface area contributed by atoms with Crippen molar-refractivity contribution in [2.75, 3.05) is 13.2 Å². The summed E-state index contributed by atoms with van der Waals surface area (Å²) in [6, 6.07) is 7.88. The fourth-order valence-electron chi connectivity index (χ4n) is 1.17. The quantitative estimate of drug-likeness (QED) is 0.745. The molecule has 1 aliphatic rings. The molecule has 1 unspecified atom stereocenters. The van der Waals surface area contributed by atoms with Crippen LogP contribution in [0.4, 0.5) is 0 Å². The molecule has 0 aromatic heterocycles. The molecule has 70 valence electrons. The zero-order valence-corrected chi connectivity index (χ0v) is 8.05. The van der Waals surface area contributed by atoms with Crippen LogP contribution in [0.25, 0.3) is 0 Å². The van der Waals surface area contributed by atoms with E-state index in [2.05, 4.69) is 5.32 Å². The number of nitrogens with one attached hydrogen (secondary N) is 1. The topological polar surface area (TPSA) is 24.6 Å². The molecule has 2 nitrogen and oxygen atoms in total. The van der Waals surface area contributed by atoms with Gasteiger partial charge in [-0.1, -0.05) is 23.7 Å². The van der Waals surface area contributed by atoms with E-state index < -0.39 is 0 Å². The van der Waals surface area contributed by atoms with Crippen LogP contribution in [0.3, 0.4) is 0 Å². The van der Waals surface area contributed by atoms with Crippen molar-refractivity contribution in [1.82, 2.24) is 5.32 Å². The molecule has 1 fully saturated rings. The molecule has 1 aliphatic heterocycles. The maximum atomic E-state index is 5.77. The highest BCUT2D eigenvalue weighted by Crippen LogP contribution is 2.10. The molecule has 0 amide bonds. The Morgan fingerprint density at radius 1 is 1.38 bits per heavy atom. The van der Waals surface area contributed by atoms with Gasteiger partial charge >= 0.3 is 0 Å². The van der Waals surface area contributed by atoms with Crippen LogP contribution in [0.15, 0.2) is 24.3 Å². The van der Waals surface area contributed by atoms with Gasteiger partial charge in [0.2, 0.25) is 0 Å². The summed E-state index contributed by atoms with van der Waals surface area (Å²) in [6.45, 7) is 2.74. The number of rotatable bonds is 4. The van der Waals surface area contributed by atoms with E-state index in [1.165, 1.54) is 5.56 Å². The van der Waals surface area contributed by atoms with Crippen LogP contribution >= 0.6 is 11.6 Å². The fraction of sp³-hybridized carbons (Fsp3) is 0.400. The monoisotopic (exact) mass is 197 g/mol. The van der Waals surface area contributed by atoms with E-state index in [0.29, 0.717) is 6.10 Å². The van der Waals surface area contributed by atoms with E-state index in [4.69, 9.17) is 16.3 Å². The molecule has 1 aromatic carbocycles. The summed E-state index contributed by atoms with van der Waals surface area (Å²) < 4.78 is 5.08. The van der Waals surface area contributed by atoms with Crippen LogP contribution < -0.4 is 5.32 Å². The Morgan fingerprint density at radius 3 is 2.69 bits per heavy atom. The van der Waals surface area contributed by atoms with E-state index in [1.807, 2.05) is 24.3 Å². The van der Waals surface area contributed by atoms with Gasteiger partial charge in [0, 0.05) is 18.1 Å². The molecule has 1 aromatic rings. The summed E-state index contributed by atoms with van der Waals surface area (Å²) in [5.74, 6) is 0. The molecule has 13 heavy (non-hydrogen) atoms. The number of ether oxygens (including phenoxy) is 1. The van der Waals surface area contributed by atoms with Crippen LogP contribution in [0.2, 0.25) is 5.02 Å². The molecule has 1 heterocycles. The SMILES string of the molecule is Clc1ccc(CNCC2CO2)cc1. The van der Waals surface area contributed by atoms with E-state index in [-0.39, 0.29) is 0 Å². The van der Waals surface area contributed by atoms with Crippen molar-refractivity contribution in [2.24, 2.45) is 0 Å². The van der Waals surface area contributed by atoms with Gasteiger partial charge in [-0.25, -0.2) is 0 Å². The Labute approximate surface area is 82.9 Å². The molecule has 0 radical (unpaired) electrons. The second kappa shape index (κ2) is 4.09. The van der Waals surface area contributed by atoms with Crippen molar-refractivity contribution < 1.29 is 4.74 Å². The van der Waals surface area contributed by atoms with Crippen molar-refractivity contribution >= 4 is 11.6 Å². The third-order valence-corrected chi connectivity index (χ3v) is 2.27. The first-order chi connectivity index (χ1) is 6.34. The fourth-order valence-corrected chi connectivity index (χ4v) is 1.29. The van der Waals surface area contributed by atoms with Crippen molar-refractivity contribution in [3.8, 4) is 0 Å². The number of halogens is 1. The lowest BCUT2D eigenvalue weighted by molar-refractivity contribution is 0.396. The van der Waals surface area contributed by atoms with E-state index in [1.54, 1.807) is 0 Å². The molecule has 1 saturated heterocycles. The molecule has 0 bridgehead atoms. The lowest BCUT2D eigenvalue weighted by Gasteiger charge is -2.02. The smallest absolute Gasteiger partial charge is 0.0934 e. The number of epoxide rings is 1. The van der Waals surface area contributed by atoms with Crippen molar-refractivity contribution in [3.63, 3.8) is 0 Å². The van der Waals surface area contributed by atoms with Gasteiger partial charge in [-0.05, 0) is 17.7 Å². The Morgan fingerprint density at radius 2 is 2.08 bits per heavy atom. The standard InChI is InChI=1S/C10H12ClNO/c11-9-3-1-8(2-4-9)5-12-6-10-7-13-10/h1-4,10,12H,5-7H2. The summed E-state index contributed by atoms with van der Waals surface area (Å²) in [5.41, 5.74) is 1.25. The second-order valence-electron chi connectivity index (χ2n) is 3.21. The molecular formula is C10H12ClNO. The normalized spacial score (nSPS) is 20.2. The van der Waals surface area contributed by atoms with Crippen LogP contribution in [0.1, 0.15) is 5.56 Å². The zero-order valence-electron chi connectivity index (χ0n) is 7.29. The molecule has 0 aliphatic carbocycles. The lowest BCUT2D eigenvalue weighted by Crippen LogP contribution is -2.18. The van der Waals surface area contributed by atoms with Gasteiger partial charge in [-0.3, -0.25) is 0 Å². The van der Waals surface area contributed by atoms with Crippen LogP contribution in [-0.4, -0.2) is 19.3 Å². The first kappa shape index (κ1) is 9.00. The van der Waals surface area contributed by atoms with E-state index in [0.717, 1.165) is 24.7 Å². The Kier molecular flexibility index (Phi) is 2.83. The second-order valence-corrected chi connectivity index (χ2v) is 3.65. The van der Waals surface area contributed by atoms with Gasteiger partial charge in [-0.15, -0.1) is 0 Å². The minimum Gasteiger partial charge on any atom is -0.372 e. The third kappa shape index (κ3) is 2.99. The number of benzene rings is 1. The molecular weight excluding hydrogens is 186 g/mol. The summed E-state index contributed by atoms with van der Waals surface area (Å²) in [6.07, 6.45) is 0.451. The number of hydrogen-bond donors (Lipinski definition) is 1. The van der Waals surface area contributed by atoms with Crippen molar-refractivity contribution in [1.29, 1.82) is 0 Å². The van der Waals surface area contributed by atoms with E-state index >= 15 is 0 Å². The van der Waals surface area contributed by atoms with Gasteiger partial charge in [-0.2, -0.15) is 0 Å². The van der Waals surface area contributed by atoms with Crippen LogP contribution in [-0.2, 0) is 11.3 Å². The maximum Gasteiger partial charge on any atom is 0.0934 e. The Bertz CT molecular complexity index is 269. The van der Waals surface area contributed by atoms with Crippen LogP contribution in [0.5, 0.6) is 0 Å². The van der Waals surface area contributed by atoms with Gasteiger partial charge in [0.15, 0.2) is 0 Å². The highest BCUT2D eigenvalue weighted by molar-refractivity contribution is 6.30. The average molecular weight is 198 g/mol. The van der Waals surface area contributed by atoms with Gasteiger partial charge in [0.05, 0.1) is 12.7 Å². The maximum absolute atomic E-state index is 5.77. The molecule has 3 heteroatoms. The first-order valence-electron chi connectivity index (χ1n) is 4.41. The summed E-state index contributed by atoms with van der Waals surface area (Å²) in [5, 5.41) is 4.10. The van der Waals surface area contributed by atoms with Crippen molar-refractivity contribution in [3.05, 3.63) is 34.9 Å². The molecule has 2 rings (SSSR count). The first-order valence-corrected chi connectivity index (χ1v) is 4.79. The lowest BCUT2D eigenvalue weighted by atomic mass is 10.2. The van der Waals surface area contributed by atoms with Gasteiger partial charge in [0.1, 0.15) is 0 Å². The minimum absolute atomic E-state index is 0.451. The Balaban J connectivity index is 1.76. The van der Waals surface area contributed by atoms with Crippen molar-refractivity contribution in [2.45, 2.75) is 12.6 Å². The predicted octanol–water partition coefficient (Wildman–Crippen LogP) is 1.83. The molecule has 1 N–H and O–H groups in total. The highest BCUT2D eigenvalue weighted by atomic mass is 35.5. The predicted molar refractivity (Wildman–Crippen MR) is 52.9 cm³/mol. The van der Waals surface area contributed by atoms with Gasteiger partial charge < -0.3 is 10.1 Å². The minimum atomic E-state index is 0.451. The summed E-state index contributed by atoms with van der Waals surface area (Å²) in [7, 11) is 0. The molecule has 0 spiro atoms. The zero-order chi connectivity index (χ0) is 9.10. The Hall–Kier alpha value is -0.570. The van der Waals surface area contributed by atoms with Crippen LogP contribution in [0, 0.1) is 0 Å². The third-order valence-electron chi connectivity index (χ3n) is 2.02.